The van der Waals surface area contributed by atoms with Gasteiger partial charge in [-0.3, -0.25) is 0 Å². The van der Waals surface area contributed by atoms with Gasteiger partial charge in [0.05, 0.1) is 11.2 Å². The molecule has 4 nitrogen and oxygen atoms in total. The van der Waals surface area contributed by atoms with Crippen LogP contribution in [0.4, 0.5) is 0 Å². The second-order valence-corrected chi connectivity index (χ2v) is 8.25. The normalized spacial score (nSPS) is 15.1. The third-order valence-corrected chi connectivity index (χ3v) is 6.76. The fraction of sp³-hybridized carbons (Fsp3) is 0.368. The molecule has 6 heteroatoms. The average Bonchev–Trinajstić information content (AvgIpc) is 2.68. The molecule has 136 valence electrons. The van der Waals surface area contributed by atoms with E-state index < -0.39 is 24.9 Å². The van der Waals surface area contributed by atoms with Crippen molar-refractivity contribution in [3.63, 3.8) is 0 Å². The molecule has 0 aromatic heterocycles. The first-order valence-corrected chi connectivity index (χ1v) is 10.2. The first kappa shape index (κ1) is 20.3. The number of aliphatic hydroxyl groups is 4. The molecular weight excluding hydrogens is 356 g/mol. The lowest BCUT2D eigenvalue weighted by atomic mass is 10.1. The molecule has 3 atom stereocenters. The summed E-state index contributed by atoms with van der Waals surface area (Å²) in [4.78, 5) is 0. The van der Waals surface area contributed by atoms with E-state index in [9.17, 15) is 15.3 Å². The van der Waals surface area contributed by atoms with Crippen LogP contribution in [0.3, 0.4) is 0 Å². The maximum absolute atomic E-state index is 10.5. The Morgan fingerprint density at radius 1 is 0.680 bits per heavy atom. The van der Waals surface area contributed by atoms with Gasteiger partial charge in [0.1, 0.15) is 18.3 Å². The first-order valence-electron chi connectivity index (χ1n) is 8.08. The van der Waals surface area contributed by atoms with Crippen molar-refractivity contribution in [3.05, 3.63) is 71.8 Å². The van der Waals surface area contributed by atoms with Gasteiger partial charge >= 0.3 is 0 Å². The predicted octanol–water partition coefficient (Wildman–Crippen LogP) is 2.25. The monoisotopic (exact) mass is 380 g/mol. The molecule has 0 amide bonds. The molecule has 0 aliphatic carbocycles. The second kappa shape index (κ2) is 10.9. The molecule has 0 bridgehead atoms. The summed E-state index contributed by atoms with van der Waals surface area (Å²) in [5, 5.41) is 39.2. The highest BCUT2D eigenvalue weighted by Gasteiger charge is 2.31. The van der Waals surface area contributed by atoms with Crippen LogP contribution >= 0.6 is 23.5 Å². The Morgan fingerprint density at radius 3 is 1.52 bits per heavy atom. The van der Waals surface area contributed by atoms with Gasteiger partial charge in [-0.25, -0.2) is 0 Å². The number of hydrogen-bond donors (Lipinski definition) is 4. The topological polar surface area (TPSA) is 80.9 Å². The highest BCUT2D eigenvalue weighted by Crippen LogP contribution is 2.33. The van der Waals surface area contributed by atoms with Crippen molar-refractivity contribution in [2.75, 3.05) is 6.61 Å². The lowest BCUT2D eigenvalue weighted by molar-refractivity contribution is -0.0706. The summed E-state index contributed by atoms with van der Waals surface area (Å²) >= 11 is 3.04. The van der Waals surface area contributed by atoms with E-state index >= 15 is 0 Å². The fourth-order valence-electron chi connectivity index (χ4n) is 2.25. The third kappa shape index (κ3) is 6.66. The number of hydrogen-bond acceptors (Lipinski definition) is 6. The van der Waals surface area contributed by atoms with Gasteiger partial charge in [-0.2, -0.15) is 0 Å². The molecule has 0 aliphatic rings. The lowest BCUT2D eigenvalue weighted by Crippen LogP contribution is -2.43. The minimum Gasteiger partial charge on any atom is -0.394 e. The molecule has 0 aliphatic heterocycles. The van der Waals surface area contributed by atoms with Crippen molar-refractivity contribution < 1.29 is 20.4 Å². The molecular formula is C19H24O4S2. The first-order chi connectivity index (χ1) is 12.1. The van der Waals surface area contributed by atoms with Gasteiger partial charge in [0, 0.05) is 11.5 Å². The number of benzene rings is 2. The minimum absolute atomic E-state index is 0.336. The maximum Gasteiger partial charge on any atom is 0.110 e. The summed E-state index contributed by atoms with van der Waals surface area (Å²) in [5.41, 5.74) is 2.25. The van der Waals surface area contributed by atoms with E-state index in [-0.39, 0.29) is 4.58 Å². The zero-order chi connectivity index (χ0) is 18.1. The summed E-state index contributed by atoms with van der Waals surface area (Å²) in [5.74, 6) is 1.37. The number of thioether (sulfide) groups is 2. The van der Waals surface area contributed by atoms with Crippen LogP contribution in [0.2, 0.25) is 0 Å². The van der Waals surface area contributed by atoms with Gasteiger partial charge in [0.2, 0.25) is 0 Å². The van der Waals surface area contributed by atoms with Crippen LogP contribution < -0.4 is 0 Å². The zero-order valence-electron chi connectivity index (χ0n) is 13.8. The Morgan fingerprint density at radius 2 is 1.12 bits per heavy atom. The SMILES string of the molecule is OCC(O)C(O)C(O)C(SCc1ccccc1)SCc1ccccc1. The quantitative estimate of drug-likeness (QED) is 0.474. The van der Waals surface area contributed by atoms with Crippen molar-refractivity contribution in [1.82, 2.24) is 0 Å². The molecule has 0 saturated carbocycles. The van der Waals surface area contributed by atoms with Crippen LogP contribution in [0.25, 0.3) is 0 Å². The lowest BCUT2D eigenvalue weighted by Gasteiger charge is -2.28. The molecule has 0 fully saturated rings. The largest absolute Gasteiger partial charge is 0.394 e. The van der Waals surface area contributed by atoms with Crippen molar-refractivity contribution in [1.29, 1.82) is 0 Å². The van der Waals surface area contributed by atoms with Crippen LogP contribution in [-0.2, 0) is 11.5 Å². The Kier molecular flexibility index (Phi) is 8.81. The molecule has 0 radical (unpaired) electrons. The minimum atomic E-state index is -1.39. The smallest absolute Gasteiger partial charge is 0.110 e. The van der Waals surface area contributed by atoms with Crippen LogP contribution in [0.5, 0.6) is 0 Å². The fourth-order valence-corrected chi connectivity index (χ4v) is 4.85. The summed E-state index contributed by atoms with van der Waals surface area (Å²) in [7, 11) is 0. The van der Waals surface area contributed by atoms with Gasteiger partial charge in [0.25, 0.3) is 0 Å². The van der Waals surface area contributed by atoms with E-state index in [1.54, 1.807) is 0 Å². The Labute approximate surface area is 156 Å². The molecule has 0 saturated heterocycles. The van der Waals surface area contributed by atoms with Crippen LogP contribution in [0.15, 0.2) is 60.7 Å². The highest BCUT2D eigenvalue weighted by atomic mass is 32.2. The highest BCUT2D eigenvalue weighted by molar-refractivity contribution is 8.16. The average molecular weight is 381 g/mol. The van der Waals surface area contributed by atoms with E-state index in [1.807, 2.05) is 60.7 Å². The molecule has 2 aromatic rings. The van der Waals surface area contributed by atoms with Crippen LogP contribution in [0.1, 0.15) is 11.1 Å². The number of aliphatic hydroxyl groups excluding tert-OH is 4. The van der Waals surface area contributed by atoms with Crippen LogP contribution in [0, 0.1) is 0 Å². The van der Waals surface area contributed by atoms with Gasteiger partial charge in [0.15, 0.2) is 0 Å². The molecule has 0 spiro atoms. The van der Waals surface area contributed by atoms with Crippen molar-refractivity contribution >= 4 is 23.5 Å². The van der Waals surface area contributed by atoms with Gasteiger partial charge in [-0.05, 0) is 11.1 Å². The maximum atomic E-state index is 10.5. The van der Waals surface area contributed by atoms with Crippen molar-refractivity contribution in [2.24, 2.45) is 0 Å². The van der Waals surface area contributed by atoms with E-state index in [4.69, 9.17) is 5.11 Å². The molecule has 2 aromatic carbocycles. The van der Waals surface area contributed by atoms with E-state index in [0.717, 1.165) is 11.1 Å². The van der Waals surface area contributed by atoms with Gasteiger partial charge in [-0.1, -0.05) is 60.7 Å². The molecule has 2 rings (SSSR count). The predicted molar refractivity (Wildman–Crippen MR) is 104 cm³/mol. The Hall–Kier alpha value is -1.02. The van der Waals surface area contributed by atoms with Gasteiger partial charge in [-0.15, -0.1) is 23.5 Å². The zero-order valence-corrected chi connectivity index (χ0v) is 15.4. The van der Waals surface area contributed by atoms with E-state index in [2.05, 4.69) is 0 Å². The Bertz CT molecular complexity index is 553. The Balaban J connectivity index is 2.01. The van der Waals surface area contributed by atoms with Crippen LogP contribution in [-0.4, -0.2) is 49.9 Å². The molecule has 3 unspecified atom stereocenters. The second-order valence-electron chi connectivity index (χ2n) is 5.69. The third-order valence-electron chi connectivity index (χ3n) is 3.72. The molecule has 25 heavy (non-hydrogen) atoms. The molecule has 4 N–H and O–H groups in total. The van der Waals surface area contributed by atoms with E-state index in [1.165, 1.54) is 23.5 Å². The summed E-state index contributed by atoms with van der Waals surface area (Å²) in [6.45, 7) is -0.586. The summed E-state index contributed by atoms with van der Waals surface area (Å²) in [6, 6.07) is 19.8. The van der Waals surface area contributed by atoms with Crippen molar-refractivity contribution in [2.45, 2.75) is 34.4 Å². The standard InChI is InChI=1S/C19H24O4S2/c20-11-16(21)17(22)18(23)19(24-12-14-7-3-1-4-8-14)25-13-15-9-5-2-6-10-15/h1-10,16-23H,11-13H2. The number of rotatable bonds is 10. The summed E-state index contributed by atoms with van der Waals surface area (Å²) < 4.78 is -0.336. The molecule has 0 heterocycles. The van der Waals surface area contributed by atoms with Crippen molar-refractivity contribution in [3.8, 4) is 0 Å². The van der Waals surface area contributed by atoms with E-state index in [0.29, 0.717) is 11.5 Å². The van der Waals surface area contributed by atoms with Gasteiger partial charge < -0.3 is 20.4 Å². The summed E-state index contributed by atoms with van der Waals surface area (Å²) in [6.07, 6.45) is -3.89.